The van der Waals surface area contributed by atoms with Gasteiger partial charge in [-0.25, -0.2) is 0 Å². The van der Waals surface area contributed by atoms with E-state index in [4.69, 9.17) is 0 Å². The third-order valence-electron chi connectivity index (χ3n) is 4.13. The van der Waals surface area contributed by atoms with E-state index in [-0.39, 0.29) is 5.82 Å². The molecule has 0 amide bonds. The lowest BCUT2D eigenvalue weighted by Gasteiger charge is -2.17. The fourth-order valence-corrected chi connectivity index (χ4v) is 2.79. The van der Waals surface area contributed by atoms with E-state index in [9.17, 15) is 0 Å². The first kappa shape index (κ1) is 15.5. The molecule has 1 nitrogen and oxygen atoms in total. The second kappa shape index (κ2) is 7.28. The van der Waals surface area contributed by atoms with Crippen molar-refractivity contribution in [1.29, 1.82) is 0 Å². The van der Waals surface area contributed by atoms with Crippen LogP contribution in [-0.4, -0.2) is 12.3 Å². The van der Waals surface area contributed by atoms with E-state index in [2.05, 4.69) is 98.9 Å². The molecule has 113 valence electrons. The van der Waals surface area contributed by atoms with Crippen LogP contribution in [0, 0.1) is 0 Å². The lowest BCUT2D eigenvalue weighted by Crippen LogP contribution is -2.26. The maximum absolute atomic E-state index is 4.56. The molecular formula is C21H21BN. The Morgan fingerprint density at radius 2 is 1.30 bits per heavy atom. The van der Waals surface area contributed by atoms with Crippen LogP contribution in [0.4, 0.5) is 0 Å². The van der Waals surface area contributed by atoms with Gasteiger partial charge in [-0.15, -0.1) is 0 Å². The maximum Gasteiger partial charge on any atom is 0.192 e. The average Bonchev–Trinajstić information content (AvgIpc) is 2.61. The molecule has 23 heavy (non-hydrogen) atoms. The number of hydrogen-bond donors (Lipinski definition) is 0. The summed E-state index contributed by atoms with van der Waals surface area (Å²) in [6.45, 7) is 4.43. The van der Waals surface area contributed by atoms with Crippen molar-refractivity contribution in [2.45, 2.75) is 25.6 Å². The summed E-state index contributed by atoms with van der Waals surface area (Å²) in [7, 11) is 2.26. The van der Waals surface area contributed by atoms with E-state index in [1.54, 1.807) is 0 Å². The SMILES string of the molecule is CC(C)c1ccnc([B]C(c2ccccc2)c2ccccc2)c1. The largest absolute Gasteiger partial charge is 0.272 e. The Hall–Kier alpha value is -2.35. The number of rotatable bonds is 5. The number of benzene rings is 2. The van der Waals surface area contributed by atoms with Crippen LogP contribution in [0.5, 0.6) is 0 Å². The molecule has 1 radical (unpaired) electrons. The molecule has 3 aromatic rings. The van der Waals surface area contributed by atoms with Crippen molar-refractivity contribution in [3.05, 3.63) is 95.7 Å². The molecule has 0 aliphatic heterocycles. The molecule has 0 atom stereocenters. The molecule has 0 aliphatic carbocycles. The Labute approximate surface area is 139 Å². The van der Waals surface area contributed by atoms with Crippen LogP contribution in [-0.2, 0) is 0 Å². The minimum atomic E-state index is 0.215. The van der Waals surface area contributed by atoms with Gasteiger partial charge in [0.15, 0.2) is 7.28 Å². The van der Waals surface area contributed by atoms with Gasteiger partial charge in [0.1, 0.15) is 0 Å². The molecule has 1 heterocycles. The molecule has 0 saturated heterocycles. The van der Waals surface area contributed by atoms with Gasteiger partial charge in [0.05, 0.1) is 0 Å². The van der Waals surface area contributed by atoms with Gasteiger partial charge in [0, 0.05) is 6.20 Å². The predicted octanol–water partition coefficient (Wildman–Crippen LogP) is 4.32. The minimum absolute atomic E-state index is 0.215. The molecule has 0 N–H and O–H groups in total. The lowest BCUT2D eigenvalue weighted by molar-refractivity contribution is 0.865. The van der Waals surface area contributed by atoms with Crippen molar-refractivity contribution >= 4 is 12.9 Å². The van der Waals surface area contributed by atoms with Crippen molar-refractivity contribution < 1.29 is 0 Å². The highest BCUT2D eigenvalue weighted by Gasteiger charge is 2.17. The molecular weight excluding hydrogens is 277 g/mol. The summed E-state index contributed by atoms with van der Waals surface area (Å²) in [6.07, 6.45) is 1.91. The van der Waals surface area contributed by atoms with Crippen molar-refractivity contribution in [3.8, 4) is 0 Å². The third-order valence-corrected chi connectivity index (χ3v) is 4.13. The Balaban J connectivity index is 1.95. The second-order valence-electron chi connectivity index (χ2n) is 6.13. The molecule has 0 bridgehead atoms. The van der Waals surface area contributed by atoms with Crippen LogP contribution >= 0.6 is 0 Å². The zero-order valence-electron chi connectivity index (χ0n) is 13.7. The van der Waals surface area contributed by atoms with E-state index in [1.807, 2.05) is 6.20 Å². The molecule has 0 aliphatic rings. The van der Waals surface area contributed by atoms with Crippen molar-refractivity contribution in [1.82, 2.24) is 4.98 Å². The Morgan fingerprint density at radius 1 is 0.739 bits per heavy atom. The number of nitrogens with zero attached hydrogens (tertiary/aromatic N) is 1. The van der Waals surface area contributed by atoms with Crippen molar-refractivity contribution in [3.63, 3.8) is 0 Å². The molecule has 0 fully saturated rings. The lowest BCUT2D eigenvalue weighted by atomic mass is 9.56. The zero-order valence-corrected chi connectivity index (χ0v) is 13.7. The van der Waals surface area contributed by atoms with Gasteiger partial charge < -0.3 is 0 Å². The molecule has 0 spiro atoms. The quantitative estimate of drug-likeness (QED) is 0.639. The van der Waals surface area contributed by atoms with Crippen molar-refractivity contribution in [2.75, 3.05) is 0 Å². The van der Waals surface area contributed by atoms with Gasteiger partial charge in [0.25, 0.3) is 0 Å². The predicted molar refractivity (Wildman–Crippen MR) is 98.4 cm³/mol. The fraction of sp³-hybridized carbons (Fsp3) is 0.190. The smallest absolute Gasteiger partial charge is 0.192 e. The second-order valence-corrected chi connectivity index (χ2v) is 6.13. The van der Waals surface area contributed by atoms with E-state index < -0.39 is 0 Å². The summed E-state index contributed by atoms with van der Waals surface area (Å²) in [6, 6.07) is 25.5. The normalized spacial score (nSPS) is 11.0. The third kappa shape index (κ3) is 3.90. The monoisotopic (exact) mass is 298 g/mol. The topological polar surface area (TPSA) is 12.9 Å². The van der Waals surface area contributed by atoms with E-state index >= 15 is 0 Å². The fourth-order valence-electron chi connectivity index (χ4n) is 2.79. The van der Waals surface area contributed by atoms with Crippen LogP contribution in [0.15, 0.2) is 79.0 Å². The first-order chi connectivity index (χ1) is 11.2. The van der Waals surface area contributed by atoms with Crippen LogP contribution in [0.1, 0.15) is 42.3 Å². The van der Waals surface area contributed by atoms with Crippen LogP contribution in [0.3, 0.4) is 0 Å². The summed E-state index contributed by atoms with van der Waals surface area (Å²) >= 11 is 0. The molecule has 3 rings (SSSR count). The Kier molecular flexibility index (Phi) is 4.92. The Morgan fingerprint density at radius 3 is 1.83 bits per heavy atom. The van der Waals surface area contributed by atoms with Gasteiger partial charge in [-0.1, -0.05) is 74.5 Å². The van der Waals surface area contributed by atoms with E-state index in [0.717, 1.165) is 5.59 Å². The van der Waals surface area contributed by atoms with Gasteiger partial charge in [-0.2, -0.15) is 0 Å². The highest BCUT2D eigenvalue weighted by atomic mass is 14.6. The van der Waals surface area contributed by atoms with E-state index in [0.29, 0.717) is 5.92 Å². The number of pyridine rings is 1. The maximum atomic E-state index is 4.56. The highest BCUT2D eigenvalue weighted by Crippen LogP contribution is 2.23. The summed E-state index contributed by atoms with van der Waals surface area (Å²) in [4.78, 5) is 4.56. The summed E-state index contributed by atoms with van der Waals surface area (Å²) in [5, 5.41) is 0. The van der Waals surface area contributed by atoms with Crippen LogP contribution < -0.4 is 5.59 Å². The summed E-state index contributed by atoms with van der Waals surface area (Å²) in [5.74, 6) is 0.726. The van der Waals surface area contributed by atoms with Crippen molar-refractivity contribution in [2.24, 2.45) is 0 Å². The summed E-state index contributed by atoms with van der Waals surface area (Å²) < 4.78 is 0. The Bertz CT molecular complexity index is 699. The number of hydrogen-bond acceptors (Lipinski definition) is 1. The van der Waals surface area contributed by atoms with Crippen LogP contribution in [0.25, 0.3) is 0 Å². The van der Waals surface area contributed by atoms with Gasteiger partial charge >= 0.3 is 0 Å². The minimum Gasteiger partial charge on any atom is -0.272 e. The molecule has 1 aromatic heterocycles. The summed E-state index contributed by atoms with van der Waals surface area (Å²) in [5.41, 5.74) is 4.94. The van der Waals surface area contributed by atoms with E-state index in [1.165, 1.54) is 16.7 Å². The first-order valence-corrected chi connectivity index (χ1v) is 8.15. The van der Waals surface area contributed by atoms with Crippen LogP contribution in [0.2, 0.25) is 0 Å². The molecule has 0 unspecified atom stereocenters. The highest BCUT2D eigenvalue weighted by molar-refractivity contribution is 6.54. The van der Waals surface area contributed by atoms with Gasteiger partial charge in [-0.05, 0) is 46.2 Å². The first-order valence-electron chi connectivity index (χ1n) is 8.15. The zero-order chi connectivity index (χ0) is 16.1. The van der Waals surface area contributed by atoms with Gasteiger partial charge in [0.2, 0.25) is 0 Å². The average molecular weight is 298 g/mol. The van der Waals surface area contributed by atoms with Gasteiger partial charge in [-0.3, -0.25) is 4.98 Å². The number of aromatic nitrogens is 1. The molecule has 2 heteroatoms. The standard InChI is InChI=1S/C21H21BN/c1-16(2)19-13-14-23-20(15-19)22-21(17-9-5-3-6-10-17)18-11-7-4-8-12-18/h3-16,21H,1-2H3. The molecule has 2 aromatic carbocycles. The molecule has 0 saturated carbocycles.